The lowest BCUT2D eigenvalue weighted by molar-refractivity contribution is 0.163. The van der Waals surface area contributed by atoms with E-state index in [9.17, 15) is 13.5 Å². The maximum Gasteiger partial charge on any atom is 0.264 e. The molecule has 3 aromatic rings. The highest BCUT2D eigenvalue weighted by molar-refractivity contribution is 7.92. The molecule has 188 valence electrons. The van der Waals surface area contributed by atoms with Crippen molar-refractivity contribution in [3.63, 3.8) is 0 Å². The molecule has 0 saturated carbocycles. The van der Waals surface area contributed by atoms with Crippen molar-refractivity contribution in [2.75, 3.05) is 22.3 Å². The normalized spacial score (nSPS) is 16.0. The molecule has 0 spiro atoms. The average Bonchev–Trinajstić information content (AvgIpc) is 3.16. The molecule has 1 aliphatic rings. The third-order valence-corrected chi connectivity index (χ3v) is 8.44. The second kappa shape index (κ2) is 10.0. The number of hydrogen-bond donors (Lipinski definition) is 1. The summed E-state index contributed by atoms with van der Waals surface area (Å²) in [7, 11) is -3.83. The first-order chi connectivity index (χ1) is 16.6. The van der Waals surface area contributed by atoms with Crippen molar-refractivity contribution in [2.45, 2.75) is 65.0 Å². The second-order valence-corrected chi connectivity index (χ2v) is 11.6. The van der Waals surface area contributed by atoms with Crippen LogP contribution >= 0.6 is 0 Å². The van der Waals surface area contributed by atoms with Crippen LogP contribution in [0.5, 0.6) is 0 Å². The van der Waals surface area contributed by atoms with E-state index in [4.69, 9.17) is 4.52 Å². The smallest absolute Gasteiger partial charge is 0.264 e. The predicted octanol–water partition coefficient (Wildman–Crippen LogP) is 5.15. The third kappa shape index (κ3) is 5.09. The fraction of sp³-hybridized carbons (Fsp3) is 0.444. The molecule has 0 fully saturated rings. The number of hydrogen-bond acceptors (Lipinski definition) is 6. The van der Waals surface area contributed by atoms with Crippen LogP contribution in [-0.2, 0) is 23.0 Å². The molecule has 0 radical (unpaired) electrons. The lowest BCUT2D eigenvalue weighted by atomic mass is 9.98. The minimum Gasteiger partial charge on any atom is -0.388 e. The first-order valence-corrected chi connectivity index (χ1v) is 13.7. The molecule has 1 atom stereocenters. The van der Waals surface area contributed by atoms with Gasteiger partial charge in [-0.3, -0.25) is 4.31 Å². The molecule has 0 bridgehead atoms. The summed E-state index contributed by atoms with van der Waals surface area (Å²) < 4.78 is 34.5. The van der Waals surface area contributed by atoms with Crippen LogP contribution in [0.4, 0.5) is 11.4 Å². The quantitative estimate of drug-likeness (QED) is 0.463. The Hall–Kier alpha value is -2.84. The molecule has 8 heteroatoms. The Kier molecular flexibility index (Phi) is 7.24. The van der Waals surface area contributed by atoms with Gasteiger partial charge in [0.15, 0.2) is 0 Å². The van der Waals surface area contributed by atoms with Crippen LogP contribution in [0.3, 0.4) is 0 Å². The number of sulfonamides is 1. The number of nitrogens with zero attached hydrogens (tertiary/aromatic N) is 3. The molecule has 2 heterocycles. The van der Waals surface area contributed by atoms with Crippen LogP contribution in [0.15, 0.2) is 51.9 Å². The molecule has 0 amide bonds. The van der Waals surface area contributed by atoms with Crippen molar-refractivity contribution < 1.29 is 18.0 Å². The number of benzene rings is 2. The molecule has 1 unspecified atom stereocenters. The summed E-state index contributed by atoms with van der Waals surface area (Å²) in [6.07, 6.45) is 0.696. The van der Waals surface area contributed by atoms with Crippen molar-refractivity contribution in [1.29, 1.82) is 0 Å². The van der Waals surface area contributed by atoms with Crippen molar-refractivity contribution >= 4 is 21.4 Å². The van der Waals surface area contributed by atoms with Gasteiger partial charge in [0, 0.05) is 36.4 Å². The van der Waals surface area contributed by atoms with E-state index in [-0.39, 0.29) is 10.8 Å². The summed E-state index contributed by atoms with van der Waals surface area (Å²) in [4.78, 5) is 2.34. The van der Waals surface area contributed by atoms with Gasteiger partial charge in [-0.05, 0) is 68.5 Å². The zero-order valence-corrected chi connectivity index (χ0v) is 22.0. The van der Waals surface area contributed by atoms with Gasteiger partial charge >= 0.3 is 0 Å². The van der Waals surface area contributed by atoms with E-state index in [1.165, 1.54) is 4.31 Å². The first kappa shape index (κ1) is 25.3. The summed E-state index contributed by atoms with van der Waals surface area (Å²) in [6, 6.07) is 12.8. The SMILES string of the molecule is CCc1ccc(N(CC(C)C)S(=O)(=O)c2ccc3c(c2)C(O)CCN3Cc2c(C)noc2C)cc1. The fourth-order valence-electron chi connectivity index (χ4n) is 4.58. The largest absolute Gasteiger partial charge is 0.388 e. The molecule has 35 heavy (non-hydrogen) atoms. The standard InChI is InChI=1S/C27H35N3O4S/c1-6-21-7-9-22(10-8-21)30(16-18(2)3)35(32,33)23-11-12-26-24(15-23)27(31)13-14-29(26)17-25-19(4)28-34-20(25)5/h7-12,15,18,27,31H,6,13-14,16-17H2,1-5H3. The molecule has 1 N–H and O–H groups in total. The van der Waals surface area contributed by atoms with Crippen LogP contribution in [0.2, 0.25) is 0 Å². The third-order valence-electron chi connectivity index (χ3n) is 6.65. The highest BCUT2D eigenvalue weighted by Gasteiger charge is 2.30. The average molecular weight is 498 g/mol. The molecular formula is C27H35N3O4S. The van der Waals surface area contributed by atoms with E-state index in [1.54, 1.807) is 12.1 Å². The van der Waals surface area contributed by atoms with E-state index in [2.05, 4.69) is 17.0 Å². The highest BCUT2D eigenvalue weighted by atomic mass is 32.2. The zero-order chi connectivity index (χ0) is 25.3. The molecule has 1 aromatic heterocycles. The molecule has 7 nitrogen and oxygen atoms in total. The maximum absolute atomic E-state index is 13.9. The second-order valence-electron chi connectivity index (χ2n) is 9.70. The Morgan fingerprint density at radius 1 is 1.17 bits per heavy atom. The van der Waals surface area contributed by atoms with Crippen LogP contribution in [-0.4, -0.2) is 31.8 Å². The molecular weight excluding hydrogens is 462 g/mol. The number of aryl methyl sites for hydroxylation is 3. The van der Waals surface area contributed by atoms with Crippen molar-refractivity contribution in [2.24, 2.45) is 5.92 Å². The van der Waals surface area contributed by atoms with Gasteiger partial charge in [0.05, 0.1) is 22.4 Å². The van der Waals surface area contributed by atoms with E-state index in [1.807, 2.05) is 58.0 Å². The number of aliphatic hydroxyl groups is 1. The van der Waals surface area contributed by atoms with Crippen molar-refractivity contribution in [3.05, 3.63) is 70.6 Å². The number of aliphatic hydroxyl groups excluding tert-OH is 1. The predicted molar refractivity (Wildman–Crippen MR) is 138 cm³/mol. The Balaban J connectivity index is 1.71. The number of aromatic nitrogens is 1. The molecule has 0 aliphatic carbocycles. The Labute approximate surface area is 208 Å². The minimum atomic E-state index is -3.83. The zero-order valence-electron chi connectivity index (χ0n) is 21.2. The number of fused-ring (bicyclic) bond motifs is 1. The fourth-order valence-corrected chi connectivity index (χ4v) is 6.25. The molecule has 2 aromatic carbocycles. The topological polar surface area (TPSA) is 86.9 Å². The maximum atomic E-state index is 13.9. The van der Waals surface area contributed by atoms with Crippen molar-refractivity contribution in [3.8, 4) is 0 Å². The summed E-state index contributed by atoms with van der Waals surface area (Å²) in [6.45, 7) is 11.5. The van der Waals surface area contributed by atoms with Gasteiger partial charge in [0.25, 0.3) is 10.0 Å². The molecule has 0 saturated heterocycles. The Morgan fingerprint density at radius 2 is 1.89 bits per heavy atom. The van der Waals surface area contributed by atoms with Crippen LogP contribution in [0, 0.1) is 19.8 Å². The lowest BCUT2D eigenvalue weighted by Crippen LogP contribution is -2.35. The first-order valence-electron chi connectivity index (χ1n) is 12.2. The van der Waals surface area contributed by atoms with Gasteiger partial charge < -0.3 is 14.5 Å². The minimum absolute atomic E-state index is 0.143. The van der Waals surface area contributed by atoms with Gasteiger partial charge in [-0.2, -0.15) is 0 Å². The summed E-state index contributed by atoms with van der Waals surface area (Å²) >= 11 is 0. The van der Waals surface area contributed by atoms with E-state index < -0.39 is 16.1 Å². The summed E-state index contributed by atoms with van der Waals surface area (Å²) in [5, 5.41) is 14.8. The van der Waals surface area contributed by atoms with Crippen LogP contribution < -0.4 is 9.21 Å². The van der Waals surface area contributed by atoms with Crippen LogP contribution in [0.1, 0.15) is 61.4 Å². The lowest BCUT2D eigenvalue weighted by Gasteiger charge is -2.34. The van der Waals surface area contributed by atoms with Gasteiger partial charge in [-0.25, -0.2) is 8.42 Å². The molecule has 4 rings (SSSR count). The van der Waals surface area contributed by atoms with Gasteiger partial charge in [0.1, 0.15) is 5.76 Å². The van der Waals surface area contributed by atoms with E-state index >= 15 is 0 Å². The van der Waals surface area contributed by atoms with Gasteiger partial charge in [-0.1, -0.05) is 38.1 Å². The Morgan fingerprint density at radius 3 is 2.49 bits per heavy atom. The van der Waals surface area contributed by atoms with E-state index in [0.29, 0.717) is 37.3 Å². The number of anilines is 2. The van der Waals surface area contributed by atoms with E-state index in [0.717, 1.165) is 34.7 Å². The Bertz CT molecular complexity index is 1260. The van der Waals surface area contributed by atoms with Gasteiger partial charge in [0.2, 0.25) is 0 Å². The van der Waals surface area contributed by atoms with Crippen LogP contribution in [0.25, 0.3) is 0 Å². The molecule has 1 aliphatic heterocycles. The highest BCUT2D eigenvalue weighted by Crippen LogP contribution is 2.38. The number of rotatable bonds is 8. The van der Waals surface area contributed by atoms with Gasteiger partial charge in [-0.15, -0.1) is 0 Å². The summed E-state index contributed by atoms with van der Waals surface area (Å²) in [5.74, 6) is 0.914. The van der Waals surface area contributed by atoms with Crippen molar-refractivity contribution in [1.82, 2.24) is 5.16 Å². The summed E-state index contributed by atoms with van der Waals surface area (Å²) in [5.41, 5.74) is 5.14. The monoisotopic (exact) mass is 497 g/mol.